The van der Waals surface area contributed by atoms with E-state index >= 15 is 0 Å². The minimum absolute atomic E-state index is 0.115. The molecule has 0 aliphatic carbocycles. The lowest BCUT2D eigenvalue weighted by Crippen LogP contribution is -2.21. The van der Waals surface area contributed by atoms with Crippen LogP contribution >= 0.6 is 0 Å². The van der Waals surface area contributed by atoms with Crippen molar-refractivity contribution in [2.45, 2.75) is 6.04 Å². The predicted molar refractivity (Wildman–Crippen MR) is 53.7 cm³/mol. The van der Waals surface area contributed by atoms with Gasteiger partial charge in [0.1, 0.15) is 11.8 Å². The summed E-state index contributed by atoms with van der Waals surface area (Å²) in [5.74, 6) is 0.252. The van der Waals surface area contributed by atoms with Crippen molar-refractivity contribution in [2.75, 3.05) is 13.9 Å². The van der Waals surface area contributed by atoms with Crippen molar-refractivity contribution in [1.82, 2.24) is 0 Å². The largest absolute Gasteiger partial charge is 0.496 e. The average Bonchev–Trinajstić information content (AvgIpc) is 2.72. The third kappa shape index (κ3) is 1.63. The second-order valence-corrected chi connectivity index (χ2v) is 3.26. The number of benzene rings is 1. The first-order valence-electron chi connectivity index (χ1n) is 4.59. The zero-order valence-electron chi connectivity index (χ0n) is 8.60. The Balaban J connectivity index is 2.47. The molecular weight excluding hydrogens is 214 g/mol. The Labute approximate surface area is 91.5 Å². The SMILES string of the molecule is COc1cc2c(cc1[C@H](N)C(=O)O)OCO2. The van der Waals surface area contributed by atoms with Gasteiger partial charge in [-0.2, -0.15) is 0 Å². The van der Waals surface area contributed by atoms with Crippen LogP contribution in [0.1, 0.15) is 11.6 Å². The van der Waals surface area contributed by atoms with Gasteiger partial charge in [-0.1, -0.05) is 0 Å². The lowest BCUT2D eigenvalue weighted by Gasteiger charge is -2.12. The molecular formula is C10H11NO5. The number of rotatable bonds is 3. The van der Waals surface area contributed by atoms with E-state index in [-0.39, 0.29) is 6.79 Å². The van der Waals surface area contributed by atoms with Gasteiger partial charge in [-0.05, 0) is 6.07 Å². The highest BCUT2D eigenvalue weighted by molar-refractivity contribution is 5.77. The molecule has 3 N–H and O–H groups in total. The Bertz CT molecular complexity index is 431. The predicted octanol–water partition coefficient (Wildman–Crippen LogP) is 0.508. The first-order valence-corrected chi connectivity index (χ1v) is 4.59. The second-order valence-electron chi connectivity index (χ2n) is 3.26. The molecule has 16 heavy (non-hydrogen) atoms. The summed E-state index contributed by atoms with van der Waals surface area (Å²) >= 11 is 0. The first-order chi connectivity index (χ1) is 7.63. The zero-order chi connectivity index (χ0) is 11.7. The molecule has 1 atom stereocenters. The molecule has 1 aliphatic heterocycles. The molecule has 1 heterocycles. The van der Waals surface area contributed by atoms with E-state index in [2.05, 4.69) is 0 Å². The highest BCUT2D eigenvalue weighted by Gasteiger charge is 2.24. The minimum atomic E-state index is -1.15. The molecule has 2 rings (SSSR count). The van der Waals surface area contributed by atoms with Crippen LogP contribution in [-0.4, -0.2) is 25.0 Å². The van der Waals surface area contributed by atoms with E-state index in [9.17, 15) is 4.79 Å². The molecule has 0 amide bonds. The summed E-state index contributed by atoms with van der Waals surface area (Å²) in [7, 11) is 1.44. The minimum Gasteiger partial charge on any atom is -0.496 e. The molecule has 1 aliphatic rings. The van der Waals surface area contributed by atoms with Crippen LogP contribution in [0.25, 0.3) is 0 Å². The van der Waals surface area contributed by atoms with Crippen LogP contribution in [0.3, 0.4) is 0 Å². The summed E-state index contributed by atoms with van der Waals surface area (Å²) in [6.07, 6.45) is 0. The van der Waals surface area contributed by atoms with E-state index in [4.69, 9.17) is 25.1 Å². The van der Waals surface area contributed by atoms with Gasteiger partial charge in [-0.15, -0.1) is 0 Å². The maximum absolute atomic E-state index is 10.8. The molecule has 0 saturated carbocycles. The number of hydrogen-bond acceptors (Lipinski definition) is 5. The van der Waals surface area contributed by atoms with Crippen molar-refractivity contribution in [3.63, 3.8) is 0 Å². The molecule has 0 bridgehead atoms. The number of carboxylic acids is 1. The number of methoxy groups -OCH3 is 1. The molecule has 6 heteroatoms. The number of carboxylic acid groups (broad SMARTS) is 1. The van der Waals surface area contributed by atoms with Gasteiger partial charge in [-0.3, -0.25) is 4.79 Å². The fourth-order valence-electron chi connectivity index (χ4n) is 1.49. The Morgan fingerprint density at radius 3 is 2.69 bits per heavy atom. The summed E-state index contributed by atoms with van der Waals surface area (Å²) in [6, 6.07) is 1.95. The van der Waals surface area contributed by atoms with Crippen molar-refractivity contribution in [3.05, 3.63) is 17.7 Å². The highest BCUT2D eigenvalue weighted by atomic mass is 16.7. The number of ether oxygens (including phenoxy) is 3. The third-order valence-electron chi connectivity index (χ3n) is 2.33. The lowest BCUT2D eigenvalue weighted by molar-refractivity contribution is -0.138. The van der Waals surface area contributed by atoms with Crippen LogP contribution in [0.4, 0.5) is 0 Å². The Hall–Kier alpha value is -1.95. The normalized spacial score (nSPS) is 14.6. The van der Waals surface area contributed by atoms with Gasteiger partial charge in [0, 0.05) is 11.6 Å². The maximum atomic E-state index is 10.8. The van der Waals surface area contributed by atoms with Crippen LogP contribution < -0.4 is 19.9 Å². The Morgan fingerprint density at radius 1 is 1.50 bits per heavy atom. The highest BCUT2D eigenvalue weighted by Crippen LogP contribution is 2.39. The second kappa shape index (κ2) is 3.90. The van der Waals surface area contributed by atoms with Gasteiger partial charge in [0.2, 0.25) is 6.79 Å². The first kappa shape index (κ1) is 10.6. The van der Waals surface area contributed by atoms with Gasteiger partial charge in [0.15, 0.2) is 11.5 Å². The van der Waals surface area contributed by atoms with Gasteiger partial charge >= 0.3 is 5.97 Å². The van der Waals surface area contributed by atoms with Crippen LogP contribution in [-0.2, 0) is 4.79 Å². The number of aliphatic carboxylic acids is 1. The molecule has 0 radical (unpaired) electrons. The van der Waals surface area contributed by atoms with Crippen molar-refractivity contribution < 1.29 is 24.1 Å². The van der Waals surface area contributed by atoms with Crippen molar-refractivity contribution >= 4 is 5.97 Å². The fraction of sp³-hybridized carbons (Fsp3) is 0.300. The molecule has 1 aromatic carbocycles. The van der Waals surface area contributed by atoms with Crippen molar-refractivity contribution in [3.8, 4) is 17.2 Å². The number of nitrogens with two attached hydrogens (primary N) is 1. The van der Waals surface area contributed by atoms with Gasteiger partial charge in [0.05, 0.1) is 7.11 Å². The summed E-state index contributed by atoms with van der Waals surface area (Å²) in [4.78, 5) is 10.8. The van der Waals surface area contributed by atoms with Crippen LogP contribution in [0.15, 0.2) is 12.1 Å². The fourth-order valence-corrected chi connectivity index (χ4v) is 1.49. The van der Waals surface area contributed by atoms with Crippen LogP contribution in [0, 0.1) is 0 Å². The topological polar surface area (TPSA) is 91.0 Å². The van der Waals surface area contributed by atoms with Crippen LogP contribution in [0.2, 0.25) is 0 Å². The summed E-state index contributed by atoms with van der Waals surface area (Å²) < 4.78 is 15.4. The van der Waals surface area contributed by atoms with E-state index in [1.807, 2.05) is 0 Å². The Kier molecular flexibility index (Phi) is 2.57. The summed E-state index contributed by atoms with van der Waals surface area (Å²) in [5.41, 5.74) is 5.89. The van der Waals surface area contributed by atoms with E-state index < -0.39 is 12.0 Å². The quantitative estimate of drug-likeness (QED) is 0.778. The smallest absolute Gasteiger partial charge is 0.325 e. The van der Waals surface area contributed by atoms with Gasteiger partial charge in [-0.25, -0.2) is 0 Å². The van der Waals surface area contributed by atoms with E-state index in [0.717, 1.165) is 0 Å². The zero-order valence-corrected chi connectivity index (χ0v) is 8.60. The molecule has 6 nitrogen and oxygen atoms in total. The molecule has 0 unspecified atom stereocenters. The Morgan fingerprint density at radius 2 is 2.12 bits per heavy atom. The van der Waals surface area contributed by atoms with E-state index in [1.165, 1.54) is 13.2 Å². The molecule has 0 fully saturated rings. The van der Waals surface area contributed by atoms with Gasteiger partial charge < -0.3 is 25.1 Å². The van der Waals surface area contributed by atoms with Crippen molar-refractivity contribution in [1.29, 1.82) is 0 Å². The monoisotopic (exact) mass is 225 g/mol. The summed E-state index contributed by atoms with van der Waals surface area (Å²) in [5, 5.41) is 8.85. The number of fused-ring (bicyclic) bond motifs is 1. The van der Waals surface area contributed by atoms with Crippen LogP contribution in [0.5, 0.6) is 17.2 Å². The average molecular weight is 225 g/mol. The molecule has 0 aromatic heterocycles. The van der Waals surface area contributed by atoms with E-state index in [0.29, 0.717) is 22.8 Å². The number of hydrogen-bond donors (Lipinski definition) is 2. The molecule has 0 spiro atoms. The summed E-state index contributed by atoms with van der Waals surface area (Å²) in [6.45, 7) is 0.115. The standard InChI is InChI=1S/C10H11NO5/c1-14-6-3-8-7(15-4-16-8)2-5(6)9(11)10(12)13/h2-3,9H,4,11H2,1H3,(H,12,13)/t9-/m0/s1. The maximum Gasteiger partial charge on any atom is 0.325 e. The molecule has 86 valence electrons. The molecule has 0 saturated heterocycles. The lowest BCUT2D eigenvalue weighted by atomic mass is 10.1. The van der Waals surface area contributed by atoms with Gasteiger partial charge in [0.25, 0.3) is 0 Å². The number of carbonyl (C=O) groups is 1. The van der Waals surface area contributed by atoms with Crippen molar-refractivity contribution in [2.24, 2.45) is 5.73 Å². The third-order valence-corrected chi connectivity index (χ3v) is 2.33. The molecule has 1 aromatic rings. The van der Waals surface area contributed by atoms with E-state index in [1.54, 1.807) is 6.07 Å².